The van der Waals surface area contributed by atoms with Gasteiger partial charge in [0.1, 0.15) is 12.6 Å². The fourth-order valence-corrected chi connectivity index (χ4v) is 2.57. The highest BCUT2D eigenvalue weighted by Gasteiger charge is 2.39. The van der Waals surface area contributed by atoms with Crippen LogP contribution in [0.5, 0.6) is 0 Å². The van der Waals surface area contributed by atoms with Crippen molar-refractivity contribution in [1.29, 1.82) is 0 Å². The quantitative estimate of drug-likeness (QED) is 0.940. The van der Waals surface area contributed by atoms with Crippen LogP contribution in [-0.4, -0.2) is 45.9 Å². The number of hydrogen-bond acceptors (Lipinski definition) is 3. The Kier molecular flexibility index (Phi) is 3.97. The van der Waals surface area contributed by atoms with Gasteiger partial charge in [0, 0.05) is 6.54 Å². The van der Waals surface area contributed by atoms with Gasteiger partial charge in [0.05, 0.1) is 23.8 Å². The number of likely N-dealkylation sites (tertiary alicyclic amines) is 1. The van der Waals surface area contributed by atoms with Gasteiger partial charge in [-0.2, -0.15) is 18.3 Å². The third kappa shape index (κ3) is 3.64. The van der Waals surface area contributed by atoms with Crippen molar-refractivity contribution in [2.75, 3.05) is 18.4 Å². The number of benzene rings is 1. The summed E-state index contributed by atoms with van der Waals surface area (Å²) in [6.45, 7) is -1.10. The van der Waals surface area contributed by atoms with Crippen LogP contribution in [0.4, 0.5) is 18.9 Å². The minimum Gasteiger partial charge on any atom is -0.371 e. The van der Waals surface area contributed by atoms with E-state index in [1.807, 2.05) is 30.3 Å². The number of anilines is 1. The number of carbonyl (C=O) groups is 1. The van der Waals surface area contributed by atoms with E-state index >= 15 is 0 Å². The Morgan fingerprint density at radius 2 is 2.00 bits per heavy atom. The molecular formula is C15H15F3N4O. The first-order valence-electron chi connectivity index (χ1n) is 7.14. The average molecular weight is 324 g/mol. The molecule has 1 aliphatic heterocycles. The van der Waals surface area contributed by atoms with E-state index in [4.69, 9.17) is 0 Å². The molecule has 0 radical (unpaired) electrons. The maximum atomic E-state index is 12.4. The molecule has 0 spiro atoms. The largest absolute Gasteiger partial charge is 0.406 e. The average Bonchev–Trinajstić information content (AvgIpc) is 3.09. The number of aromatic nitrogens is 2. The van der Waals surface area contributed by atoms with Crippen LogP contribution in [0.15, 0.2) is 42.7 Å². The van der Waals surface area contributed by atoms with Crippen molar-refractivity contribution in [3.63, 3.8) is 0 Å². The van der Waals surface area contributed by atoms with Crippen molar-refractivity contribution in [1.82, 2.24) is 14.7 Å². The number of hydrogen-bond donors (Lipinski definition) is 1. The van der Waals surface area contributed by atoms with Gasteiger partial charge in [-0.1, -0.05) is 18.2 Å². The van der Waals surface area contributed by atoms with Gasteiger partial charge < -0.3 is 10.2 Å². The zero-order valence-corrected chi connectivity index (χ0v) is 12.1. The summed E-state index contributed by atoms with van der Waals surface area (Å²) in [4.78, 5) is 12.8. The lowest BCUT2D eigenvalue weighted by atomic mass is 10.2. The lowest BCUT2D eigenvalue weighted by molar-refractivity contribution is -0.157. The van der Waals surface area contributed by atoms with Crippen LogP contribution < -0.4 is 5.32 Å². The molecule has 5 nitrogen and oxygen atoms in total. The number of carbonyl (C=O) groups excluding carboxylic acids is 1. The van der Waals surface area contributed by atoms with E-state index in [0.717, 1.165) is 10.6 Å². The molecule has 1 fully saturated rings. The zero-order valence-electron chi connectivity index (χ0n) is 12.1. The number of nitrogens with one attached hydrogen (secondary N) is 1. The molecule has 1 saturated heterocycles. The SMILES string of the molecule is O=C1C(Nc2cnn(-c3ccccc3)c2)CCN1CC(F)(F)F. The highest BCUT2D eigenvalue weighted by Crippen LogP contribution is 2.23. The third-order valence-corrected chi connectivity index (χ3v) is 3.61. The van der Waals surface area contributed by atoms with Crippen molar-refractivity contribution >= 4 is 11.6 Å². The fraction of sp³-hybridized carbons (Fsp3) is 0.333. The van der Waals surface area contributed by atoms with Gasteiger partial charge in [0.2, 0.25) is 5.91 Å². The van der Waals surface area contributed by atoms with Crippen LogP contribution in [0.1, 0.15) is 6.42 Å². The molecule has 122 valence electrons. The molecule has 23 heavy (non-hydrogen) atoms. The molecule has 0 saturated carbocycles. The molecule has 1 N–H and O–H groups in total. The Hall–Kier alpha value is -2.51. The van der Waals surface area contributed by atoms with Gasteiger partial charge in [-0.05, 0) is 18.6 Å². The standard InChI is InChI=1S/C15H15F3N4O/c16-15(17,18)10-21-7-6-13(14(21)23)20-11-8-19-22(9-11)12-4-2-1-3-5-12/h1-5,8-9,13,20H,6-7,10H2. The van der Waals surface area contributed by atoms with Crippen molar-refractivity contribution in [3.8, 4) is 5.69 Å². The number of alkyl halides is 3. The Balaban J connectivity index is 1.65. The van der Waals surface area contributed by atoms with E-state index in [0.29, 0.717) is 12.1 Å². The maximum absolute atomic E-state index is 12.4. The van der Waals surface area contributed by atoms with Crippen LogP contribution in [0.3, 0.4) is 0 Å². The first kappa shape index (κ1) is 15.4. The number of para-hydroxylation sites is 1. The molecule has 8 heteroatoms. The van der Waals surface area contributed by atoms with E-state index in [2.05, 4.69) is 10.4 Å². The van der Waals surface area contributed by atoms with Crippen LogP contribution >= 0.6 is 0 Å². The van der Waals surface area contributed by atoms with Gasteiger partial charge in [-0.3, -0.25) is 4.79 Å². The van der Waals surface area contributed by atoms with Crippen molar-refractivity contribution < 1.29 is 18.0 Å². The monoisotopic (exact) mass is 324 g/mol. The number of nitrogens with zero attached hydrogens (tertiary/aromatic N) is 3. The van der Waals surface area contributed by atoms with E-state index in [9.17, 15) is 18.0 Å². The molecule has 0 bridgehead atoms. The lowest BCUT2D eigenvalue weighted by Crippen LogP contribution is -2.39. The normalized spacial score (nSPS) is 18.5. The minimum absolute atomic E-state index is 0.100. The summed E-state index contributed by atoms with van der Waals surface area (Å²) in [5.41, 5.74) is 1.46. The Bertz CT molecular complexity index is 684. The lowest BCUT2D eigenvalue weighted by Gasteiger charge is -2.18. The topological polar surface area (TPSA) is 50.2 Å². The molecular weight excluding hydrogens is 309 g/mol. The smallest absolute Gasteiger partial charge is 0.371 e. The summed E-state index contributed by atoms with van der Waals surface area (Å²) in [5, 5.41) is 7.14. The second kappa shape index (κ2) is 5.94. The van der Waals surface area contributed by atoms with E-state index in [1.165, 1.54) is 0 Å². The minimum atomic E-state index is -4.37. The highest BCUT2D eigenvalue weighted by atomic mass is 19.4. The fourth-order valence-electron chi connectivity index (χ4n) is 2.57. The number of amides is 1. The van der Waals surface area contributed by atoms with Crippen molar-refractivity contribution in [3.05, 3.63) is 42.7 Å². The number of halogens is 3. The molecule has 1 atom stereocenters. The van der Waals surface area contributed by atoms with Crippen LogP contribution in [0.2, 0.25) is 0 Å². The number of rotatable bonds is 4. The summed E-state index contributed by atoms with van der Waals surface area (Å²) in [7, 11) is 0. The van der Waals surface area contributed by atoms with Gasteiger partial charge in [-0.15, -0.1) is 0 Å². The van der Waals surface area contributed by atoms with E-state index in [1.54, 1.807) is 17.1 Å². The maximum Gasteiger partial charge on any atom is 0.406 e. The Morgan fingerprint density at radius 1 is 1.26 bits per heavy atom. The molecule has 0 aliphatic carbocycles. The summed E-state index contributed by atoms with van der Waals surface area (Å²) >= 11 is 0. The third-order valence-electron chi connectivity index (χ3n) is 3.61. The van der Waals surface area contributed by atoms with Crippen LogP contribution in [0.25, 0.3) is 5.69 Å². The molecule has 2 heterocycles. The van der Waals surface area contributed by atoms with Crippen molar-refractivity contribution in [2.45, 2.75) is 18.6 Å². The van der Waals surface area contributed by atoms with Gasteiger partial charge >= 0.3 is 6.18 Å². The van der Waals surface area contributed by atoms with Crippen molar-refractivity contribution in [2.24, 2.45) is 0 Å². The first-order valence-corrected chi connectivity index (χ1v) is 7.14. The molecule has 1 aliphatic rings. The predicted octanol–water partition coefficient (Wildman–Crippen LogP) is 2.45. The highest BCUT2D eigenvalue weighted by molar-refractivity contribution is 5.86. The molecule has 1 amide bonds. The van der Waals surface area contributed by atoms with Crippen LogP contribution in [0, 0.1) is 0 Å². The van der Waals surface area contributed by atoms with E-state index in [-0.39, 0.29) is 6.54 Å². The summed E-state index contributed by atoms with van der Waals surface area (Å²) in [6.07, 6.45) is -0.782. The van der Waals surface area contributed by atoms with Gasteiger partial charge in [-0.25, -0.2) is 4.68 Å². The van der Waals surface area contributed by atoms with Gasteiger partial charge in [0.15, 0.2) is 0 Å². The molecule has 1 aromatic heterocycles. The zero-order chi connectivity index (χ0) is 16.4. The molecule has 2 aromatic rings. The second-order valence-corrected chi connectivity index (χ2v) is 5.37. The molecule has 1 aromatic carbocycles. The Labute approximate surface area is 130 Å². The second-order valence-electron chi connectivity index (χ2n) is 5.37. The molecule has 3 rings (SSSR count). The first-order chi connectivity index (χ1) is 10.9. The molecule has 1 unspecified atom stereocenters. The summed E-state index contributed by atoms with van der Waals surface area (Å²) < 4.78 is 38.8. The van der Waals surface area contributed by atoms with E-state index < -0.39 is 24.7 Å². The predicted molar refractivity (Wildman–Crippen MR) is 78.2 cm³/mol. The van der Waals surface area contributed by atoms with Gasteiger partial charge in [0.25, 0.3) is 0 Å². The van der Waals surface area contributed by atoms with Crippen LogP contribution in [-0.2, 0) is 4.79 Å². The Morgan fingerprint density at radius 3 is 2.70 bits per heavy atom. The summed E-state index contributed by atoms with van der Waals surface area (Å²) in [6, 6.07) is 8.74. The summed E-state index contributed by atoms with van der Waals surface area (Å²) in [5.74, 6) is -0.533.